The molecule has 0 saturated heterocycles. The smallest absolute Gasteiger partial charge is 0.243 e. The van der Waals surface area contributed by atoms with Crippen molar-refractivity contribution in [2.45, 2.75) is 73.0 Å². The van der Waals surface area contributed by atoms with E-state index in [1.807, 2.05) is 71.9 Å². The predicted octanol–water partition coefficient (Wildman–Crippen LogP) is 4.49. The third-order valence-corrected chi connectivity index (χ3v) is 5.27. The van der Waals surface area contributed by atoms with Gasteiger partial charge in [0.05, 0.1) is 6.42 Å². The summed E-state index contributed by atoms with van der Waals surface area (Å²) in [6.07, 6.45) is 0.869. The predicted molar refractivity (Wildman–Crippen MR) is 119 cm³/mol. The van der Waals surface area contributed by atoms with Crippen LogP contribution in [0.5, 0.6) is 0 Å². The van der Waals surface area contributed by atoms with Crippen molar-refractivity contribution < 1.29 is 9.59 Å². The third-order valence-electron chi connectivity index (χ3n) is 5.27. The van der Waals surface area contributed by atoms with E-state index in [0.717, 1.165) is 27.8 Å². The Morgan fingerprint density at radius 3 is 2.24 bits per heavy atom. The summed E-state index contributed by atoms with van der Waals surface area (Å²) < 4.78 is 0. The molecule has 0 fully saturated rings. The summed E-state index contributed by atoms with van der Waals surface area (Å²) in [6, 6.07) is 13.7. The van der Waals surface area contributed by atoms with Crippen molar-refractivity contribution in [3.63, 3.8) is 0 Å². The molecule has 0 unspecified atom stereocenters. The monoisotopic (exact) mass is 394 g/mol. The highest BCUT2D eigenvalue weighted by molar-refractivity contribution is 5.88. The molecule has 1 atom stereocenters. The number of benzene rings is 2. The summed E-state index contributed by atoms with van der Waals surface area (Å²) in [5.41, 5.74) is 5.44. The first-order valence-electron chi connectivity index (χ1n) is 10.4. The first-order valence-corrected chi connectivity index (χ1v) is 10.4. The molecule has 0 radical (unpaired) electrons. The van der Waals surface area contributed by atoms with E-state index in [-0.39, 0.29) is 17.9 Å². The molecule has 2 rings (SSSR count). The number of amides is 2. The molecule has 0 aliphatic heterocycles. The second-order valence-electron chi connectivity index (χ2n) is 8.14. The maximum atomic E-state index is 13.4. The van der Waals surface area contributed by atoms with Crippen LogP contribution in [0.1, 0.15) is 55.0 Å². The van der Waals surface area contributed by atoms with Crippen LogP contribution in [-0.4, -0.2) is 28.8 Å². The Morgan fingerprint density at radius 1 is 0.966 bits per heavy atom. The molecule has 0 spiro atoms. The quantitative estimate of drug-likeness (QED) is 0.717. The topological polar surface area (TPSA) is 49.4 Å². The second kappa shape index (κ2) is 10.2. The van der Waals surface area contributed by atoms with E-state index in [1.165, 1.54) is 0 Å². The molecule has 0 aliphatic carbocycles. The first kappa shape index (κ1) is 22.7. The van der Waals surface area contributed by atoms with E-state index in [9.17, 15) is 9.59 Å². The fraction of sp³-hybridized carbons (Fsp3) is 0.440. The van der Waals surface area contributed by atoms with Gasteiger partial charge in [-0.25, -0.2) is 0 Å². The highest BCUT2D eigenvalue weighted by Crippen LogP contribution is 2.19. The third kappa shape index (κ3) is 6.18. The highest BCUT2D eigenvalue weighted by Gasteiger charge is 2.29. The molecule has 4 nitrogen and oxygen atoms in total. The average molecular weight is 395 g/mol. The van der Waals surface area contributed by atoms with Crippen LogP contribution in [0.4, 0.5) is 0 Å². The minimum absolute atomic E-state index is 0.0206. The van der Waals surface area contributed by atoms with Crippen molar-refractivity contribution >= 4 is 11.8 Å². The summed E-state index contributed by atoms with van der Waals surface area (Å²) in [5.74, 6) is -0.113. The maximum Gasteiger partial charge on any atom is 0.243 e. The maximum absolute atomic E-state index is 13.4. The number of carbonyl (C=O) groups is 2. The van der Waals surface area contributed by atoms with Crippen LogP contribution in [0.25, 0.3) is 0 Å². The molecule has 0 saturated carbocycles. The van der Waals surface area contributed by atoms with Gasteiger partial charge >= 0.3 is 0 Å². The van der Waals surface area contributed by atoms with Crippen LogP contribution < -0.4 is 5.32 Å². The molecule has 0 aromatic heterocycles. The molecule has 0 bridgehead atoms. The van der Waals surface area contributed by atoms with Gasteiger partial charge in [0.1, 0.15) is 6.04 Å². The van der Waals surface area contributed by atoms with Crippen molar-refractivity contribution in [1.29, 1.82) is 0 Å². The fourth-order valence-electron chi connectivity index (χ4n) is 3.53. The Balaban J connectivity index is 2.36. The number of aryl methyl sites for hydroxylation is 3. The minimum atomic E-state index is -0.491. The highest BCUT2D eigenvalue weighted by atomic mass is 16.2. The molecule has 4 heteroatoms. The van der Waals surface area contributed by atoms with Gasteiger partial charge in [0, 0.05) is 12.6 Å². The SMILES string of the molecule is CC[C@@H](C(=O)NC(C)C)N(Cc1ccccc1C)C(=O)Cc1cc(C)ccc1C. The molecular formula is C25H34N2O2. The normalized spacial score (nSPS) is 12.0. The van der Waals surface area contributed by atoms with Gasteiger partial charge in [-0.1, -0.05) is 55.0 Å². The summed E-state index contributed by atoms with van der Waals surface area (Å²) in [6.45, 7) is 12.4. The fourth-order valence-corrected chi connectivity index (χ4v) is 3.53. The lowest BCUT2D eigenvalue weighted by atomic mass is 10.0. The number of hydrogen-bond acceptors (Lipinski definition) is 2. The van der Waals surface area contributed by atoms with E-state index >= 15 is 0 Å². The summed E-state index contributed by atoms with van der Waals surface area (Å²) in [4.78, 5) is 28.1. The molecule has 0 heterocycles. The Bertz CT molecular complexity index is 858. The zero-order valence-corrected chi connectivity index (χ0v) is 18.6. The van der Waals surface area contributed by atoms with Crippen LogP contribution in [0.3, 0.4) is 0 Å². The molecule has 2 amide bonds. The molecule has 29 heavy (non-hydrogen) atoms. The molecule has 2 aromatic rings. The standard InChI is InChI=1S/C25H34N2O2/c1-7-23(25(29)26-17(2)3)27(16-21-11-9-8-10-19(21)5)24(28)15-22-14-18(4)12-13-20(22)6/h8-14,17,23H,7,15-16H2,1-6H3,(H,26,29)/t23-/m0/s1. The Kier molecular flexibility index (Phi) is 8.00. The number of hydrogen-bond donors (Lipinski definition) is 1. The van der Waals surface area contributed by atoms with E-state index in [2.05, 4.69) is 17.4 Å². The Labute approximate surface area is 175 Å². The van der Waals surface area contributed by atoms with E-state index in [0.29, 0.717) is 19.4 Å². The Morgan fingerprint density at radius 2 is 1.62 bits per heavy atom. The summed E-state index contributed by atoms with van der Waals surface area (Å²) in [5, 5.41) is 2.98. The van der Waals surface area contributed by atoms with Gasteiger partial charge in [0.2, 0.25) is 11.8 Å². The van der Waals surface area contributed by atoms with Gasteiger partial charge < -0.3 is 10.2 Å². The lowest BCUT2D eigenvalue weighted by Gasteiger charge is -2.32. The van der Waals surface area contributed by atoms with Crippen LogP contribution >= 0.6 is 0 Å². The van der Waals surface area contributed by atoms with Crippen LogP contribution in [0.2, 0.25) is 0 Å². The molecule has 156 valence electrons. The zero-order chi connectivity index (χ0) is 21.6. The van der Waals surface area contributed by atoms with Gasteiger partial charge in [-0.05, 0) is 63.3 Å². The van der Waals surface area contributed by atoms with E-state index in [4.69, 9.17) is 0 Å². The number of nitrogens with one attached hydrogen (secondary N) is 1. The largest absolute Gasteiger partial charge is 0.352 e. The van der Waals surface area contributed by atoms with Gasteiger partial charge in [-0.15, -0.1) is 0 Å². The van der Waals surface area contributed by atoms with E-state index in [1.54, 1.807) is 4.90 Å². The molecular weight excluding hydrogens is 360 g/mol. The van der Waals surface area contributed by atoms with Gasteiger partial charge in [0.15, 0.2) is 0 Å². The molecule has 2 aromatic carbocycles. The molecule has 0 aliphatic rings. The van der Waals surface area contributed by atoms with Crippen LogP contribution in [0.15, 0.2) is 42.5 Å². The number of nitrogens with zero attached hydrogens (tertiary/aromatic N) is 1. The summed E-state index contributed by atoms with van der Waals surface area (Å²) in [7, 11) is 0. The number of carbonyl (C=O) groups excluding carboxylic acids is 2. The van der Waals surface area contributed by atoms with Crippen LogP contribution in [-0.2, 0) is 22.6 Å². The second-order valence-corrected chi connectivity index (χ2v) is 8.14. The van der Waals surface area contributed by atoms with Gasteiger partial charge in [0.25, 0.3) is 0 Å². The van der Waals surface area contributed by atoms with Crippen molar-refractivity contribution in [2.75, 3.05) is 0 Å². The Hall–Kier alpha value is -2.62. The van der Waals surface area contributed by atoms with Gasteiger partial charge in [-0.2, -0.15) is 0 Å². The summed E-state index contributed by atoms with van der Waals surface area (Å²) >= 11 is 0. The zero-order valence-electron chi connectivity index (χ0n) is 18.6. The van der Waals surface area contributed by atoms with E-state index < -0.39 is 6.04 Å². The number of rotatable bonds is 8. The van der Waals surface area contributed by atoms with Crippen molar-refractivity contribution in [1.82, 2.24) is 10.2 Å². The van der Waals surface area contributed by atoms with Crippen molar-refractivity contribution in [3.8, 4) is 0 Å². The minimum Gasteiger partial charge on any atom is -0.352 e. The van der Waals surface area contributed by atoms with Gasteiger partial charge in [-0.3, -0.25) is 9.59 Å². The van der Waals surface area contributed by atoms with Crippen LogP contribution in [0, 0.1) is 20.8 Å². The first-order chi connectivity index (χ1) is 13.7. The average Bonchev–Trinajstić information content (AvgIpc) is 2.65. The van der Waals surface area contributed by atoms with Crippen molar-refractivity contribution in [3.05, 3.63) is 70.3 Å². The lowest BCUT2D eigenvalue weighted by molar-refractivity contribution is -0.141. The lowest BCUT2D eigenvalue weighted by Crippen LogP contribution is -2.50. The van der Waals surface area contributed by atoms with Crippen molar-refractivity contribution in [2.24, 2.45) is 0 Å². The molecule has 1 N–H and O–H groups in total.